The van der Waals surface area contributed by atoms with Gasteiger partial charge in [-0.15, -0.1) is 0 Å². The summed E-state index contributed by atoms with van der Waals surface area (Å²) in [5.74, 6) is 0. The van der Waals surface area contributed by atoms with Gasteiger partial charge in [-0.3, -0.25) is 5.10 Å². The first kappa shape index (κ1) is 12.0. The average Bonchev–Trinajstić information content (AvgIpc) is 2.85. The van der Waals surface area contributed by atoms with E-state index in [4.69, 9.17) is 5.11 Å². The molecule has 0 saturated carbocycles. The molecule has 2 aromatic heterocycles. The Hall–Kier alpha value is -2.09. The molecule has 0 radical (unpaired) electrons. The van der Waals surface area contributed by atoms with E-state index in [1.807, 2.05) is 18.2 Å². The number of rotatable bonds is 3. The van der Waals surface area contributed by atoms with Gasteiger partial charge in [-0.05, 0) is 12.1 Å². The molecular formula is C12H12N4O3. The van der Waals surface area contributed by atoms with Crippen LogP contribution in [0.25, 0.3) is 22.2 Å². The zero-order valence-electron chi connectivity index (χ0n) is 9.85. The van der Waals surface area contributed by atoms with Crippen LogP contribution in [0.5, 0.6) is 0 Å². The van der Waals surface area contributed by atoms with Crippen LogP contribution in [0.15, 0.2) is 24.3 Å². The molecule has 0 aliphatic carbocycles. The lowest BCUT2D eigenvalue weighted by Crippen LogP contribution is -2.22. The van der Waals surface area contributed by atoms with Gasteiger partial charge >= 0.3 is 0 Å². The van der Waals surface area contributed by atoms with E-state index in [2.05, 4.69) is 20.2 Å². The summed E-state index contributed by atoms with van der Waals surface area (Å²) in [5, 5.41) is 34.8. The monoisotopic (exact) mass is 260 g/mol. The maximum atomic E-state index is 9.90. The van der Waals surface area contributed by atoms with Crippen molar-refractivity contribution in [2.75, 3.05) is 6.61 Å². The number of hydrogen-bond acceptors (Lipinski definition) is 6. The maximum Gasteiger partial charge on any atom is 0.200 e. The molecule has 7 heteroatoms. The third-order valence-corrected chi connectivity index (χ3v) is 2.94. The molecule has 2 heterocycles. The van der Waals surface area contributed by atoms with Crippen molar-refractivity contribution in [3.05, 3.63) is 30.0 Å². The predicted octanol–water partition coefficient (Wildman–Crippen LogP) is -0.107. The molecule has 0 bridgehead atoms. The number of aromatic nitrogens is 4. The van der Waals surface area contributed by atoms with E-state index >= 15 is 0 Å². The maximum absolute atomic E-state index is 9.90. The van der Waals surface area contributed by atoms with E-state index in [-0.39, 0.29) is 5.69 Å². The molecule has 0 amide bonds. The van der Waals surface area contributed by atoms with Crippen LogP contribution in [0.3, 0.4) is 0 Å². The number of para-hydroxylation sites is 2. The summed E-state index contributed by atoms with van der Waals surface area (Å²) < 4.78 is 0. The fourth-order valence-corrected chi connectivity index (χ4v) is 1.91. The molecule has 0 unspecified atom stereocenters. The Morgan fingerprint density at radius 1 is 1.11 bits per heavy atom. The van der Waals surface area contributed by atoms with Crippen molar-refractivity contribution in [1.29, 1.82) is 0 Å². The van der Waals surface area contributed by atoms with E-state index in [1.165, 1.54) is 0 Å². The molecule has 19 heavy (non-hydrogen) atoms. The standard InChI is InChI=1S/C12H12N4O3/c17-5-8(18)11(19)9-10-12(16-15-9)14-7-4-2-1-3-6(7)13-10/h1-4,8,11,17-19H,5H2,(H,14,15,16)/t8-,11-/m1/s1. The topological polar surface area (TPSA) is 115 Å². The molecule has 1 aromatic carbocycles. The molecule has 3 aromatic rings. The highest BCUT2D eigenvalue weighted by Crippen LogP contribution is 2.23. The number of benzene rings is 1. The number of aliphatic hydroxyl groups is 3. The third kappa shape index (κ3) is 1.93. The van der Waals surface area contributed by atoms with Crippen molar-refractivity contribution in [3.8, 4) is 0 Å². The van der Waals surface area contributed by atoms with Gasteiger partial charge in [0.2, 0.25) is 5.65 Å². The molecule has 7 nitrogen and oxygen atoms in total. The lowest BCUT2D eigenvalue weighted by Gasteiger charge is -2.13. The Labute approximate surface area is 107 Å². The fourth-order valence-electron chi connectivity index (χ4n) is 1.91. The fraction of sp³-hybridized carbons (Fsp3) is 0.250. The highest BCUT2D eigenvalue weighted by atomic mass is 16.4. The summed E-state index contributed by atoms with van der Waals surface area (Å²) in [6.07, 6.45) is -2.58. The molecule has 3 rings (SSSR count). The van der Waals surface area contributed by atoms with Crippen LogP contribution in [0.2, 0.25) is 0 Å². The van der Waals surface area contributed by atoms with Crippen molar-refractivity contribution in [1.82, 2.24) is 20.2 Å². The number of nitrogens with zero attached hydrogens (tertiary/aromatic N) is 3. The second-order valence-electron chi connectivity index (χ2n) is 4.22. The predicted molar refractivity (Wildman–Crippen MR) is 67.2 cm³/mol. The van der Waals surface area contributed by atoms with Crippen LogP contribution in [-0.4, -0.2) is 48.2 Å². The third-order valence-electron chi connectivity index (χ3n) is 2.94. The van der Waals surface area contributed by atoms with Gasteiger partial charge < -0.3 is 15.3 Å². The highest BCUT2D eigenvalue weighted by molar-refractivity contribution is 5.85. The summed E-state index contributed by atoms with van der Waals surface area (Å²) >= 11 is 0. The Kier molecular flexibility index (Phi) is 2.86. The van der Waals surface area contributed by atoms with Crippen molar-refractivity contribution >= 4 is 22.2 Å². The van der Waals surface area contributed by atoms with Gasteiger partial charge in [-0.25, -0.2) is 9.97 Å². The SMILES string of the molecule is OC[C@@H](O)[C@@H](O)c1[nH]nc2nc3ccccc3nc12. The molecule has 98 valence electrons. The van der Waals surface area contributed by atoms with Crippen LogP contribution in [0.1, 0.15) is 11.8 Å². The number of aliphatic hydroxyl groups excluding tert-OH is 3. The molecule has 4 N–H and O–H groups in total. The van der Waals surface area contributed by atoms with Gasteiger partial charge in [0.15, 0.2) is 0 Å². The summed E-state index contributed by atoms with van der Waals surface area (Å²) in [5.41, 5.74) is 2.36. The first-order valence-electron chi connectivity index (χ1n) is 5.78. The Morgan fingerprint density at radius 2 is 1.79 bits per heavy atom. The Morgan fingerprint density at radius 3 is 2.47 bits per heavy atom. The summed E-state index contributed by atoms with van der Waals surface area (Å²) in [6.45, 7) is -0.553. The van der Waals surface area contributed by atoms with Gasteiger partial charge in [-0.1, -0.05) is 12.1 Å². The van der Waals surface area contributed by atoms with E-state index in [9.17, 15) is 10.2 Å². The smallest absolute Gasteiger partial charge is 0.200 e. The molecular weight excluding hydrogens is 248 g/mol. The second kappa shape index (κ2) is 4.54. The van der Waals surface area contributed by atoms with Gasteiger partial charge in [0.05, 0.1) is 23.3 Å². The highest BCUT2D eigenvalue weighted by Gasteiger charge is 2.23. The lowest BCUT2D eigenvalue weighted by atomic mass is 10.1. The minimum Gasteiger partial charge on any atom is -0.394 e. The van der Waals surface area contributed by atoms with Crippen molar-refractivity contribution in [2.24, 2.45) is 0 Å². The van der Waals surface area contributed by atoms with Gasteiger partial charge in [0, 0.05) is 0 Å². The van der Waals surface area contributed by atoms with Gasteiger partial charge in [-0.2, -0.15) is 5.10 Å². The number of aromatic amines is 1. The summed E-state index contributed by atoms with van der Waals surface area (Å²) in [6, 6.07) is 7.30. The zero-order chi connectivity index (χ0) is 13.4. The molecule has 0 saturated heterocycles. The molecule has 0 spiro atoms. The largest absolute Gasteiger partial charge is 0.394 e. The van der Waals surface area contributed by atoms with Crippen LogP contribution in [-0.2, 0) is 0 Å². The number of hydrogen-bond donors (Lipinski definition) is 4. The molecule has 0 aliphatic heterocycles. The van der Waals surface area contributed by atoms with Crippen LogP contribution < -0.4 is 0 Å². The first-order chi connectivity index (χ1) is 9.20. The van der Waals surface area contributed by atoms with E-state index < -0.39 is 18.8 Å². The quantitative estimate of drug-likeness (QED) is 0.522. The number of H-pyrrole nitrogens is 1. The molecule has 2 atom stereocenters. The van der Waals surface area contributed by atoms with E-state index in [0.717, 1.165) is 0 Å². The van der Waals surface area contributed by atoms with E-state index in [0.29, 0.717) is 22.2 Å². The van der Waals surface area contributed by atoms with E-state index in [1.54, 1.807) is 6.07 Å². The summed E-state index contributed by atoms with van der Waals surface area (Å²) in [7, 11) is 0. The normalized spacial score (nSPS) is 14.9. The first-order valence-corrected chi connectivity index (χ1v) is 5.78. The van der Waals surface area contributed by atoms with Crippen molar-refractivity contribution < 1.29 is 15.3 Å². The minimum atomic E-state index is -1.29. The minimum absolute atomic E-state index is 0.245. The number of nitrogens with one attached hydrogen (secondary N) is 1. The van der Waals surface area contributed by atoms with Crippen molar-refractivity contribution in [3.63, 3.8) is 0 Å². The molecule has 0 aliphatic rings. The Balaban J connectivity index is 2.19. The van der Waals surface area contributed by atoms with Gasteiger partial charge in [0.1, 0.15) is 17.7 Å². The van der Waals surface area contributed by atoms with Crippen molar-refractivity contribution in [2.45, 2.75) is 12.2 Å². The second-order valence-corrected chi connectivity index (χ2v) is 4.22. The number of fused-ring (bicyclic) bond motifs is 2. The molecule has 0 fully saturated rings. The van der Waals surface area contributed by atoms with Crippen LogP contribution in [0.4, 0.5) is 0 Å². The Bertz CT molecular complexity index is 727. The lowest BCUT2D eigenvalue weighted by molar-refractivity contribution is -0.0167. The van der Waals surface area contributed by atoms with Crippen LogP contribution >= 0.6 is 0 Å². The van der Waals surface area contributed by atoms with Gasteiger partial charge in [0.25, 0.3) is 0 Å². The van der Waals surface area contributed by atoms with Crippen LogP contribution in [0, 0.1) is 0 Å². The zero-order valence-corrected chi connectivity index (χ0v) is 9.85. The summed E-state index contributed by atoms with van der Waals surface area (Å²) in [4.78, 5) is 8.67. The average molecular weight is 260 g/mol.